The Morgan fingerprint density at radius 1 is 1.12 bits per heavy atom. The summed E-state index contributed by atoms with van der Waals surface area (Å²) in [4.78, 5) is 16.4. The van der Waals surface area contributed by atoms with Crippen LogP contribution in [0.1, 0.15) is 5.01 Å². The molecule has 0 fully saturated rings. The van der Waals surface area contributed by atoms with Crippen LogP contribution in [-0.4, -0.2) is 31.2 Å². The Labute approximate surface area is 144 Å². The number of para-hydroxylation sites is 1. The first kappa shape index (κ1) is 16.3. The van der Waals surface area contributed by atoms with Gasteiger partial charge in [-0.1, -0.05) is 12.1 Å². The Morgan fingerprint density at radius 2 is 1.88 bits per heavy atom. The minimum absolute atomic E-state index is 0.00776. The number of aromatic nitrogens is 1. The number of amides is 1. The molecule has 1 aromatic heterocycles. The average Bonchev–Trinajstić information content (AvgIpc) is 3.03. The van der Waals surface area contributed by atoms with Crippen LogP contribution in [0.2, 0.25) is 0 Å². The number of carbonyl (C=O) groups excluding carboxylic acids is 1. The molecule has 24 heavy (non-hydrogen) atoms. The Morgan fingerprint density at radius 3 is 2.62 bits per heavy atom. The topological polar surface area (TPSA) is 60.5 Å². The zero-order valence-electron chi connectivity index (χ0n) is 13.3. The molecule has 0 aliphatic rings. The highest BCUT2D eigenvalue weighted by atomic mass is 32.1. The predicted molar refractivity (Wildman–Crippen MR) is 94.8 cm³/mol. The van der Waals surface area contributed by atoms with Gasteiger partial charge in [0, 0.05) is 13.0 Å². The molecule has 0 unspecified atom stereocenters. The van der Waals surface area contributed by atoms with Gasteiger partial charge < -0.3 is 14.8 Å². The summed E-state index contributed by atoms with van der Waals surface area (Å²) in [6.07, 6.45) is 0.716. The molecule has 0 spiro atoms. The fourth-order valence-corrected chi connectivity index (χ4v) is 3.17. The number of rotatable bonds is 7. The standard InChI is InChI=1S/C18H18N2O3S/c1-22-13-6-8-14(9-7-13)23-12-17(21)19-11-10-18-20-15-4-2-3-5-16(15)24-18/h2-9H,10-12H2,1H3,(H,19,21). The quantitative estimate of drug-likeness (QED) is 0.717. The van der Waals surface area contributed by atoms with Crippen LogP contribution in [0.25, 0.3) is 10.2 Å². The molecule has 0 radical (unpaired) electrons. The van der Waals surface area contributed by atoms with Crippen molar-refractivity contribution in [3.05, 3.63) is 53.5 Å². The van der Waals surface area contributed by atoms with Crippen molar-refractivity contribution in [3.63, 3.8) is 0 Å². The molecule has 5 nitrogen and oxygen atoms in total. The molecule has 6 heteroatoms. The van der Waals surface area contributed by atoms with E-state index in [4.69, 9.17) is 9.47 Å². The summed E-state index contributed by atoms with van der Waals surface area (Å²) in [5.74, 6) is 1.24. The Bertz CT molecular complexity index is 782. The van der Waals surface area contributed by atoms with Crippen molar-refractivity contribution in [1.82, 2.24) is 10.3 Å². The molecule has 124 valence electrons. The number of benzene rings is 2. The van der Waals surface area contributed by atoms with Gasteiger partial charge in [0.2, 0.25) is 0 Å². The van der Waals surface area contributed by atoms with E-state index in [9.17, 15) is 4.79 Å². The number of hydrogen-bond acceptors (Lipinski definition) is 5. The van der Waals surface area contributed by atoms with Crippen molar-refractivity contribution in [1.29, 1.82) is 0 Å². The molecule has 0 saturated heterocycles. The summed E-state index contributed by atoms with van der Waals surface area (Å²) in [5, 5.41) is 3.87. The number of ether oxygens (including phenoxy) is 2. The highest BCUT2D eigenvalue weighted by molar-refractivity contribution is 7.18. The Hall–Kier alpha value is -2.60. The number of fused-ring (bicyclic) bond motifs is 1. The van der Waals surface area contributed by atoms with Gasteiger partial charge in [0.1, 0.15) is 11.5 Å². The molecule has 3 aromatic rings. The van der Waals surface area contributed by atoms with Gasteiger partial charge in [-0.3, -0.25) is 4.79 Å². The van der Waals surface area contributed by atoms with E-state index in [2.05, 4.69) is 16.4 Å². The first-order chi connectivity index (χ1) is 11.7. The molecule has 3 rings (SSSR count). The Balaban J connectivity index is 1.41. The largest absolute Gasteiger partial charge is 0.497 e. The number of carbonyl (C=O) groups is 1. The molecular formula is C18H18N2O3S. The number of thiazole rings is 1. The van der Waals surface area contributed by atoms with Crippen molar-refractivity contribution in [2.45, 2.75) is 6.42 Å². The number of nitrogens with one attached hydrogen (secondary N) is 1. The van der Waals surface area contributed by atoms with Crippen LogP contribution in [0.15, 0.2) is 48.5 Å². The van der Waals surface area contributed by atoms with Crippen LogP contribution in [0.3, 0.4) is 0 Å². The van der Waals surface area contributed by atoms with Crippen molar-refractivity contribution < 1.29 is 14.3 Å². The third-order valence-electron chi connectivity index (χ3n) is 3.43. The maximum Gasteiger partial charge on any atom is 0.257 e. The first-order valence-electron chi connectivity index (χ1n) is 7.62. The van der Waals surface area contributed by atoms with Gasteiger partial charge in [-0.15, -0.1) is 11.3 Å². The molecule has 2 aromatic carbocycles. The van der Waals surface area contributed by atoms with E-state index in [1.807, 2.05) is 18.2 Å². The predicted octanol–water partition coefficient (Wildman–Crippen LogP) is 3.04. The molecule has 0 atom stereocenters. The zero-order chi connectivity index (χ0) is 16.8. The third-order valence-corrected chi connectivity index (χ3v) is 4.52. The summed E-state index contributed by atoms with van der Waals surface area (Å²) in [5.41, 5.74) is 1.01. The van der Waals surface area contributed by atoms with E-state index in [0.717, 1.165) is 16.3 Å². The fraction of sp³-hybridized carbons (Fsp3) is 0.222. The second kappa shape index (κ2) is 7.79. The van der Waals surface area contributed by atoms with E-state index in [-0.39, 0.29) is 12.5 Å². The third kappa shape index (κ3) is 4.23. The van der Waals surface area contributed by atoms with Crippen LogP contribution in [-0.2, 0) is 11.2 Å². The van der Waals surface area contributed by atoms with Gasteiger partial charge in [-0.05, 0) is 36.4 Å². The SMILES string of the molecule is COc1ccc(OCC(=O)NCCc2nc3ccccc3s2)cc1. The lowest BCUT2D eigenvalue weighted by molar-refractivity contribution is -0.123. The smallest absolute Gasteiger partial charge is 0.257 e. The second-order valence-electron chi connectivity index (χ2n) is 5.14. The van der Waals surface area contributed by atoms with Gasteiger partial charge >= 0.3 is 0 Å². The van der Waals surface area contributed by atoms with Crippen LogP contribution in [0.5, 0.6) is 11.5 Å². The molecule has 0 bridgehead atoms. The second-order valence-corrected chi connectivity index (χ2v) is 6.25. The molecule has 0 aliphatic heterocycles. The van der Waals surface area contributed by atoms with E-state index in [1.165, 1.54) is 4.70 Å². The first-order valence-corrected chi connectivity index (χ1v) is 8.44. The molecule has 1 heterocycles. The lowest BCUT2D eigenvalue weighted by atomic mass is 10.3. The van der Waals surface area contributed by atoms with Crippen LogP contribution < -0.4 is 14.8 Å². The number of methoxy groups -OCH3 is 1. The van der Waals surface area contributed by atoms with Gasteiger partial charge in [-0.25, -0.2) is 4.98 Å². The molecular weight excluding hydrogens is 324 g/mol. The molecule has 0 aliphatic carbocycles. The number of hydrogen-bond donors (Lipinski definition) is 1. The van der Waals surface area contributed by atoms with E-state index in [0.29, 0.717) is 18.7 Å². The van der Waals surface area contributed by atoms with Gasteiger partial charge in [0.15, 0.2) is 6.61 Å². The van der Waals surface area contributed by atoms with Crippen molar-refractivity contribution >= 4 is 27.5 Å². The Kier molecular flexibility index (Phi) is 5.28. The average molecular weight is 342 g/mol. The normalized spacial score (nSPS) is 10.5. The monoisotopic (exact) mass is 342 g/mol. The van der Waals surface area contributed by atoms with Gasteiger partial charge in [-0.2, -0.15) is 0 Å². The maximum absolute atomic E-state index is 11.8. The summed E-state index contributed by atoms with van der Waals surface area (Å²) < 4.78 is 11.7. The van der Waals surface area contributed by atoms with Crippen LogP contribution in [0.4, 0.5) is 0 Å². The van der Waals surface area contributed by atoms with Crippen molar-refractivity contribution in [2.75, 3.05) is 20.3 Å². The number of nitrogens with zero attached hydrogens (tertiary/aromatic N) is 1. The van der Waals surface area contributed by atoms with E-state index < -0.39 is 0 Å². The molecule has 1 N–H and O–H groups in total. The minimum Gasteiger partial charge on any atom is -0.497 e. The van der Waals surface area contributed by atoms with Crippen molar-refractivity contribution in [2.24, 2.45) is 0 Å². The van der Waals surface area contributed by atoms with Crippen LogP contribution >= 0.6 is 11.3 Å². The maximum atomic E-state index is 11.8. The lowest BCUT2D eigenvalue weighted by Gasteiger charge is -2.07. The van der Waals surface area contributed by atoms with Crippen molar-refractivity contribution in [3.8, 4) is 11.5 Å². The van der Waals surface area contributed by atoms with E-state index >= 15 is 0 Å². The molecule has 0 saturated carbocycles. The summed E-state index contributed by atoms with van der Waals surface area (Å²) in [6, 6.07) is 15.2. The summed E-state index contributed by atoms with van der Waals surface area (Å²) >= 11 is 1.66. The zero-order valence-corrected chi connectivity index (χ0v) is 14.1. The minimum atomic E-state index is -0.146. The van der Waals surface area contributed by atoms with Gasteiger partial charge in [0.25, 0.3) is 5.91 Å². The molecule has 1 amide bonds. The van der Waals surface area contributed by atoms with E-state index in [1.54, 1.807) is 42.7 Å². The van der Waals surface area contributed by atoms with Crippen LogP contribution in [0, 0.1) is 0 Å². The summed E-state index contributed by atoms with van der Waals surface area (Å²) in [6.45, 7) is 0.538. The van der Waals surface area contributed by atoms with Gasteiger partial charge in [0.05, 0.1) is 22.3 Å². The summed E-state index contributed by atoms with van der Waals surface area (Å²) in [7, 11) is 1.61. The highest BCUT2D eigenvalue weighted by Gasteiger charge is 2.06. The lowest BCUT2D eigenvalue weighted by Crippen LogP contribution is -2.30. The highest BCUT2D eigenvalue weighted by Crippen LogP contribution is 2.21. The fourth-order valence-electron chi connectivity index (χ4n) is 2.21.